The van der Waals surface area contributed by atoms with E-state index in [-0.39, 0.29) is 0 Å². The second-order valence-electron chi connectivity index (χ2n) is 18.5. The van der Waals surface area contributed by atoms with Gasteiger partial charge in [0.15, 0.2) is 5.58 Å². The van der Waals surface area contributed by atoms with Gasteiger partial charge in [-0.3, -0.25) is 0 Å². The topological polar surface area (TPSA) is 16.4 Å². The summed E-state index contributed by atoms with van der Waals surface area (Å²) in [6, 6.07) is 95.1. The predicted molar refractivity (Wildman–Crippen MR) is 298 cm³/mol. The summed E-state index contributed by atoms with van der Waals surface area (Å²) in [5.41, 5.74) is 14.4. The second-order valence-corrected chi connectivity index (χ2v) is 18.5. The van der Waals surface area contributed by atoms with Crippen LogP contribution in [-0.4, -0.2) is 0 Å². The lowest BCUT2D eigenvalue weighted by Gasteiger charge is -2.26. The number of furan rings is 1. The molecule has 14 aromatic rings. The van der Waals surface area contributed by atoms with E-state index < -0.39 is 0 Å². The van der Waals surface area contributed by atoms with E-state index in [0.29, 0.717) is 0 Å². The van der Waals surface area contributed by atoms with Gasteiger partial charge in [0.25, 0.3) is 0 Å². The first kappa shape index (κ1) is 39.9. The van der Waals surface area contributed by atoms with Crippen LogP contribution in [0.1, 0.15) is 0 Å². The molecule has 0 saturated heterocycles. The molecule has 1 heterocycles. The Labute approximate surface area is 405 Å². The van der Waals surface area contributed by atoms with E-state index in [1.165, 1.54) is 81.9 Å². The van der Waals surface area contributed by atoms with Crippen LogP contribution in [0.2, 0.25) is 0 Å². The van der Waals surface area contributed by atoms with Crippen molar-refractivity contribution in [2.75, 3.05) is 4.90 Å². The number of fused-ring (bicyclic) bond motifs is 9. The third kappa shape index (κ3) is 6.80. The maximum Gasteiger partial charge on any atom is 0.160 e. The van der Waals surface area contributed by atoms with Gasteiger partial charge in [-0.1, -0.05) is 194 Å². The van der Waals surface area contributed by atoms with E-state index in [2.05, 4.69) is 266 Å². The average Bonchev–Trinajstić information content (AvgIpc) is 3.83. The van der Waals surface area contributed by atoms with Crippen molar-refractivity contribution in [1.82, 2.24) is 0 Å². The SMILES string of the molecule is c1ccc2cc(-c3ccc4cc(-c5ccc(N(c6ccc(-c7ccc8ccc(-c9cccc%10ccccc9%10)cc8c7)cc6)c6cc7ccccc7c7c6oc6ccccc67)cc5)ccc4c3)ccc2c1. The molecule has 0 aliphatic carbocycles. The zero-order chi connectivity index (χ0) is 46.1. The Kier molecular flexibility index (Phi) is 9.25. The quantitative estimate of drug-likeness (QED) is 0.159. The second kappa shape index (κ2) is 16.2. The van der Waals surface area contributed by atoms with Gasteiger partial charge in [-0.25, -0.2) is 0 Å². The molecule has 0 amide bonds. The fourth-order valence-corrected chi connectivity index (χ4v) is 10.8. The Hall–Kier alpha value is -9.24. The summed E-state index contributed by atoms with van der Waals surface area (Å²) in [4.78, 5) is 2.36. The van der Waals surface area contributed by atoms with Crippen LogP contribution in [0.25, 0.3) is 120 Å². The summed E-state index contributed by atoms with van der Waals surface area (Å²) in [5.74, 6) is 0. The minimum atomic E-state index is 0.863. The first-order valence-corrected chi connectivity index (χ1v) is 24.0. The number of anilines is 3. The lowest BCUT2D eigenvalue weighted by molar-refractivity contribution is 0.669. The minimum absolute atomic E-state index is 0.863. The molecule has 326 valence electrons. The first-order chi connectivity index (χ1) is 34.6. The van der Waals surface area contributed by atoms with Crippen LogP contribution in [-0.2, 0) is 0 Å². The maximum absolute atomic E-state index is 6.86. The zero-order valence-electron chi connectivity index (χ0n) is 38.2. The standard InChI is InChI=1S/C68H43NO/c1-2-12-49-38-52(24-20-44(49)10-1)55-28-27-53-39-50(25-26-54(53)40-55)45-30-34-59(35-31-45)69(65-43-56-13-4-6-16-63(56)67-64-17-7-8-19-66(64)70-68(65)67)60-36-32-46(33-37-60)51-23-21-47-22-29-57(42-58(47)41-51)62-18-9-14-48-11-3-5-15-61(48)62/h1-43H. The summed E-state index contributed by atoms with van der Waals surface area (Å²) in [6.45, 7) is 0. The highest BCUT2D eigenvalue weighted by atomic mass is 16.3. The van der Waals surface area contributed by atoms with Crippen LogP contribution in [0.3, 0.4) is 0 Å². The van der Waals surface area contributed by atoms with Gasteiger partial charge in [-0.15, -0.1) is 0 Å². The highest BCUT2D eigenvalue weighted by Crippen LogP contribution is 2.46. The van der Waals surface area contributed by atoms with Crippen LogP contribution >= 0.6 is 0 Å². The van der Waals surface area contributed by atoms with Crippen molar-refractivity contribution in [3.8, 4) is 44.5 Å². The highest BCUT2D eigenvalue weighted by molar-refractivity contribution is 6.23. The normalized spacial score (nSPS) is 11.7. The molecule has 2 heteroatoms. The maximum atomic E-state index is 6.86. The first-order valence-electron chi connectivity index (χ1n) is 24.0. The Morgan fingerprint density at radius 2 is 0.686 bits per heavy atom. The Balaban J connectivity index is 0.850. The fourth-order valence-electron chi connectivity index (χ4n) is 10.8. The molecule has 0 unspecified atom stereocenters. The number of hydrogen-bond donors (Lipinski definition) is 0. The smallest absolute Gasteiger partial charge is 0.160 e. The largest absolute Gasteiger partial charge is 0.454 e. The summed E-state index contributed by atoms with van der Waals surface area (Å²) in [5, 5.41) is 14.5. The van der Waals surface area contributed by atoms with E-state index in [1.54, 1.807) is 0 Å². The molecule has 13 aromatic carbocycles. The third-order valence-corrected chi connectivity index (χ3v) is 14.4. The van der Waals surface area contributed by atoms with Gasteiger partial charge in [0.1, 0.15) is 5.58 Å². The molecule has 70 heavy (non-hydrogen) atoms. The summed E-state index contributed by atoms with van der Waals surface area (Å²) >= 11 is 0. The van der Waals surface area contributed by atoms with Crippen molar-refractivity contribution < 1.29 is 4.42 Å². The molecule has 0 radical (unpaired) electrons. The van der Waals surface area contributed by atoms with E-state index in [1.807, 2.05) is 0 Å². The van der Waals surface area contributed by atoms with Gasteiger partial charge in [-0.2, -0.15) is 0 Å². The molecule has 0 saturated carbocycles. The minimum Gasteiger partial charge on any atom is -0.454 e. The van der Waals surface area contributed by atoms with E-state index >= 15 is 0 Å². The van der Waals surface area contributed by atoms with Crippen molar-refractivity contribution in [1.29, 1.82) is 0 Å². The Bertz CT molecular complexity index is 4350. The molecule has 0 bridgehead atoms. The van der Waals surface area contributed by atoms with Crippen molar-refractivity contribution in [3.63, 3.8) is 0 Å². The highest BCUT2D eigenvalue weighted by Gasteiger charge is 2.22. The van der Waals surface area contributed by atoms with Crippen molar-refractivity contribution >= 4 is 92.9 Å². The predicted octanol–water partition coefficient (Wildman–Crippen LogP) is 19.5. The molecule has 0 aliphatic rings. The lowest BCUT2D eigenvalue weighted by Crippen LogP contribution is -2.10. The van der Waals surface area contributed by atoms with Gasteiger partial charge in [0.2, 0.25) is 0 Å². The summed E-state index contributed by atoms with van der Waals surface area (Å²) in [7, 11) is 0. The van der Waals surface area contributed by atoms with Gasteiger partial charge in [-0.05, 0) is 165 Å². The van der Waals surface area contributed by atoms with Gasteiger partial charge < -0.3 is 9.32 Å². The molecule has 14 rings (SSSR count). The molecule has 0 aliphatic heterocycles. The van der Waals surface area contributed by atoms with Gasteiger partial charge in [0.05, 0.1) is 5.69 Å². The van der Waals surface area contributed by atoms with Gasteiger partial charge in [0, 0.05) is 22.1 Å². The molecule has 0 N–H and O–H groups in total. The number of hydrogen-bond acceptors (Lipinski definition) is 2. The monoisotopic (exact) mass is 889 g/mol. The molecule has 0 fully saturated rings. The molecule has 0 atom stereocenters. The van der Waals surface area contributed by atoms with Crippen molar-refractivity contribution in [2.45, 2.75) is 0 Å². The van der Waals surface area contributed by atoms with Crippen LogP contribution < -0.4 is 4.90 Å². The molecular weight excluding hydrogens is 847 g/mol. The number of rotatable bonds is 7. The van der Waals surface area contributed by atoms with Crippen LogP contribution in [0, 0.1) is 0 Å². The van der Waals surface area contributed by atoms with E-state index in [0.717, 1.165) is 55.5 Å². The number of nitrogens with zero attached hydrogens (tertiary/aromatic N) is 1. The molecule has 1 aromatic heterocycles. The lowest BCUT2D eigenvalue weighted by atomic mass is 9.95. The summed E-state index contributed by atoms with van der Waals surface area (Å²) in [6.07, 6.45) is 0. The third-order valence-electron chi connectivity index (χ3n) is 14.4. The van der Waals surface area contributed by atoms with Crippen LogP contribution in [0.15, 0.2) is 265 Å². The number of benzene rings is 13. The zero-order valence-corrected chi connectivity index (χ0v) is 38.2. The molecule has 2 nitrogen and oxygen atoms in total. The Morgan fingerprint density at radius 3 is 1.34 bits per heavy atom. The van der Waals surface area contributed by atoms with Crippen molar-refractivity contribution in [3.05, 3.63) is 261 Å². The van der Waals surface area contributed by atoms with Crippen LogP contribution in [0.5, 0.6) is 0 Å². The fraction of sp³-hybridized carbons (Fsp3) is 0. The molecular formula is C68H43NO. The van der Waals surface area contributed by atoms with E-state index in [4.69, 9.17) is 4.42 Å². The van der Waals surface area contributed by atoms with Crippen LogP contribution in [0.4, 0.5) is 17.1 Å². The van der Waals surface area contributed by atoms with Gasteiger partial charge >= 0.3 is 0 Å². The average molecular weight is 890 g/mol. The summed E-state index contributed by atoms with van der Waals surface area (Å²) < 4.78 is 6.86. The van der Waals surface area contributed by atoms with Crippen molar-refractivity contribution in [2.24, 2.45) is 0 Å². The Morgan fingerprint density at radius 1 is 0.257 bits per heavy atom. The number of para-hydroxylation sites is 1. The molecule has 0 spiro atoms. The van der Waals surface area contributed by atoms with E-state index in [9.17, 15) is 0 Å².